The van der Waals surface area contributed by atoms with Crippen molar-refractivity contribution in [1.82, 2.24) is 4.57 Å². The predicted octanol–water partition coefficient (Wildman–Crippen LogP) is 2.58. The monoisotopic (exact) mass is 338 g/mol. The largest absolute Gasteiger partial charge is 0.494 e. The minimum Gasteiger partial charge on any atom is -0.494 e. The molecular formula is C17H14N4O4. The highest BCUT2D eigenvalue weighted by atomic mass is 16.6. The highest BCUT2D eigenvalue weighted by molar-refractivity contribution is 5.88. The normalized spacial score (nSPS) is 10.6. The fourth-order valence-corrected chi connectivity index (χ4v) is 2.29. The number of nitrogens with zero attached hydrogens (tertiary/aromatic N) is 4. The summed E-state index contributed by atoms with van der Waals surface area (Å²) in [6.45, 7) is 5.01. The molecule has 0 aliphatic rings. The quantitative estimate of drug-likeness (QED) is 0.388. The van der Waals surface area contributed by atoms with E-state index in [0.717, 1.165) is 4.57 Å². The third-order valence-corrected chi connectivity index (χ3v) is 3.57. The third kappa shape index (κ3) is 3.30. The van der Waals surface area contributed by atoms with E-state index in [1.165, 1.54) is 37.4 Å². The van der Waals surface area contributed by atoms with Gasteiger partial charge in [0.15, 0.2) is 0 Å². The summed E-state index contributed by atoms with van der Waals surface area (Å²) in [4.78, 5) is 26.7. The Balaban J connectivity index is 2.67. The summed E-state index contributed by atoms with van der Waals surface area (Å²) in [7, 11) is 0. The van der Waals surface area contributed by atoms with Gasteiger partial charge in [0.1, 0.15) is 17.3 Å². The van der Waals surface area contributed by atoms with E-state index in [9.17, 15) is 25.3 Å². The smallest absolute Gasteiger partial charge is 0.294 e. The van der Waals surface area contributed by atoms with Gasteiger partial charge in [0.05, 0.1) is 10.5 Å². The van der Waals surface area contributed by atoms with E-state index in [4.69, 9.17) is 0 Å². The molecular weight excluding hydrogens is 324 g/mol. The molecule has 1 heterocycles. The average molecular weight is 338 g/mol. The number of aliphatic imine (C=N–C) groups is 1. The SMILES string of the molecule is C=CCn1c(O)c(C=Nc2ccccc2[N+](=O)[O-])c(C)c(C#N)c1=O. The van der Waals surface area contributed by atoms with Gasteiger partial charge in [0.25, 0.3) is 11.2 Å². The topological polar surface area (TPSA) is 122 Å². The molecule has 2 aromatic rings. The third-order valence-electron chi connectivity index (χ3n) is 3.57. The van der Waals surface area contributed by atoms with Crippen molar-refractivity contribution < 1.29 is 10.0 Å². The molecule has 0 fully saturated rings. The van der Waals surface area contributed by atoms with Crippen LogP contribution in [0.1, 0.15) is 16.7 Å². The van der Waals surface area contributed by atoms with E-state index >= 15 is 0 Å². The zero-order chi connectivity index (χ0) is 18.6. The highest BCUT2D eigenvalue weighted by Gasteiger charge is 2.18. The Hall–Kier alpha value is -3.73. The van der Waals surface area contributed by atoms with Gasteiger partial charge in [-0.2, -0.15) is 5.26 Å². The first kappa shape index (κ1) is 17.6. The van der Waals surface area contributed by atoms with E-state index in [-0.39, 0.29) is 40.5 Å². The Morgan fingerprint density at radius 3 is 2.76 bits per heavy atom. The van der Waals surface area contributed by atoms with Crippen molar-refractivity contribution in [2.45, 2.75) is 13.5 Å². The lowest BCUT2D eigenvalue weighted by molar-refractivity contribution is -0.384. The van der Waals surface area contributed by atoms with Crippen molar-refractivity contribution in [3.8, 4) is 11.9 Å². The number of nitriles is 1. The molecule has 0 unspecified atom stereocenters. The predicted molar refractivity (Wildman–Crippen MR) is 92.4 cm³/mol. The molecule has 0 atom stereocenters. The number of aromatic nitrogens is 1. The zero-order valence-electron chi connectivity index (χ0n) is 13.3. The molecule has 0 amide bonds. The van der Waals surface area contributed by atoms with Crippen LogP contribution < -0.4 is 5.56 Å². The van der Waals surface area contributed by atoms with Crippen molar-refractivity contribution in [3.05, 3.63) is 74.1 Å². The molecule has 2 rings (SSSR count). The molecule has 0 aliphatic heterocycles. The van der Waals surface area contributed by atoms with Crippen molar-refractivity contribution in [1.29, 1.82) is 5.26 Å². The van der Waals surface area contributed by atoms with Gasteiger partial charge < -0.3 is 5.11 Å². The van der Waals surface area contributed by atoms with Crippen LogP contribution in [0.25, 0.3) is 0 Å². The summed E-state index contributed by atoms with van der Waals surface area (Å²) < 4.78 is 0.985. The number of nitro benzene ring substituents is 1. The van der Waals surface area contributed by atoms with Gasteiger partial charge in [-0.25, -0.2) is 4.99 Å². The molecule has 0 saturated heterocycles. The number of para-hydroxylation sites is 2. The van der Waals surface area contributed by atoms with Gasteiger partial charge in [0, 0.05) is 18.8 Å². The van der Waals surface area contributed by atoms with Crippen molar-refractivity contribution in [3.63, 3.8) is 0 Å². The first-order valence-electron chi connectivity index (χ1n) is 7.17. The molecule has 25 heavy (non-hydrogen) atoms. The molecule has 0 spiro atoms. The highest BCUT2D eigenvalue weighted by Crippen LogP contribution is 2.27. The minimum absolute atomic E-state index is 0.00590. The Bertz CT molecular complexity index is 983. The lowest BCUT2D eigenvalue weighted by atomic mass is 10.1. The molecule has 1 N–H and O–H groups in total. The Morgan fingerprint density at radius 1 is 1.48 bits per heavy atom. The number of allylic oxidation sites excluding steroid dienone is 1. The second kappa shape index (κ2) is 7.23. The molecule has 1 aromatic carbocycles. The maximum atomic E-state index is 12.2. The number of nitro groups is 1. The molecule has 0 bridgehead atoms. The lowest BCUT2D eigenvalue weighted by Gasteiger charge is -2.12. The molecule has 8 nitrogen and oxygen atoms in total. The van der Waals surface area contributed by atoms with E-state index < -0.39 is 10.5 Å². The van der Waals surface area contributed by atoms with E-state index in [0.29, 0.717) is 0 Å². The van der Waals surface area contributed by atoms with Crippen LogP contribution in [0.5, 0.6) is 5.88 Å². The minimum atomic E-state index is -0.639. The van der Waals surface area contributed by atoms with Crippen LogP contribution in [0.4, 0.5) is 11.4 Å². The Kier molecular flexibility index (Phi) is 5.09. The second-order valence-corrected chi connectivity index (χ2v) is 5.06. The fourth-order valence-electron chi connectivity index (χ4n) is 2.29. The molecule has 1 aromatic heterocycles. The van der Waals surface area contributed by atoms with Crippen molar-refractivity contribution in [2.24, 2.45) is 4.99 Å². The van der Waals surface area contributed by atoms with E-state index in [2.05, 4.69) is 11.6 Å². The van der Waals surface area contributed by atoms with Crippen LogP contribution in [0.15, 0.2) is 46.7 Å². The summed E-state index contributed by atoms with van der Waals surface area (Å²) in [5.41, 5.74) is -0.505. The van der Waals surface area contributed by atoms with Gasteiger partial charge in [-0.05, 0) is 18.6 Å². The first-order valence-corrected chi connectivity index (χ1v) is 7.17. The Morgan fingerprint density at radius 2 is 2.16 bits per heavy atom. The second-order valence-electron chi connectivity index (χ2n) is 5.06. The fraction of sp³-hybridized carbons (Fsp3) is 0.118. The van der Waals surface area contributed by atoms with Gasteiger partial charge in [-0.15, -0.1) is 6.58 Å². The van der Waals surface area contributed by atoms with Gasteiger partial charge in [-0.1, -0.05) is 18.2 Å². The van der Waals surface area contributed by atoms with Gasteiger partial charge in [-0.3, -0.25) is 19.5 Å². The Labute approximate surface area is 142 Å². The number of aromatic hydroxyl groups is 1. The van der Waals surface area contributed by atoms with Gasteiger partial charge in [0.2, 0.25) is 5.88 Å². The van der Waals surface area contributed by atoms with Crippen LogP contribution in [-0.4, -0.2) is 20.8 Å². The van der Waals surface area contributed by atoms with Crippen LogP contribution >= 0.6 is 0 Å². The maximum absolute atomic E-state index is 12.2. The molecule has 0 radical (unpaired) electrons. The summed E-state index contributed by atoms with van der Waals surface area (Å²) in [5.74, 6) is -0.385. The maximum Gasteiger partial charge on any atom is 0.294 e. The summed E-state index contributed by atoms with van der Waals surface area (Å²) in [6.07, 6.45) is 2.60. The number of rotatable bonds is 5. The summed E-state index contributed by atoms with van der Waals surface area (Å²) in [5, 5.41) is 30.6. The molecule has 0 saturated carbocycles. The molecule has 126 valence electrons. The number of pyridine rings is 1. The van der Waals surface area contributed by atoms with Crippen LogP contribution in [-0.2, 0) is 6.54 Å². The van der Waals surface area contributed by atoms with Crippen LogP contribution in [0.3, 0.4) is 0 Å². The van der Waals surface area contributed by atoms with Crippen molar-refractivity contribution >= 4 is 17.6 Å². The average Bonchev–Trinajstić information content (AvgIpc) is 2.59. The van der Waals surface area contributed by atoms with E-state index in [1.54, 1.807) is 6.07 Å². The van der Waals surface area contributed by atoms with Crippen molar-refractivity contribution in [2.75, 3.05) is 0 Å². The lowest BCUT2D eigenvalue weighted by Crippen LogP contribution is -2.24. The first-order chi connectivity index (χ1) is 11.9. The van der Waals surface area contributed by atoms with E-state index in [1.807, 2.05) is 6.07 Å². The van der Waals surface area contributed by atoms with Crippen LogP contribution in [0.2, 0.25) is 0 Å². The number of benzene rings is 1. The standard InChI is InChI=1S/C17H14N4O4/c1-3-8-20-16(22)12(9-18)11(2)13(17(20)23)10-19-14-6-4-5-7-15(14)21(24)25/h3-7,10,23H,1,8H2,2H3. The molecule has 0 aliphatic carbocycles. The van der Waals surface area contributed by atoms with Crippen LogP contribution in [0, 0.1) is 28.4 Å². The number of hydrogen-bond acceptors (Lipinski definition) is 6. The summed E-state index contributed by atoms with van der Waals surface area (Å²) >= 11 is 0. The number of hydrogen-bond donors (Lipinski definition) is 1. The zero-order valence-corrected chi connectivity index (χ0v) is 13.3. The van der Waals surface area contributed by atoms with Gasteiger partial charge >= 0.3 is 0 Å². The molecule has 8 heteroatoms. The summed E-state index contributed by atoms with van der Waals surface area (Å²) in [6, 6.07) is 7.66.